The maximum Gasteiger partial charge on any atom is 0.272 e. The summed E-state index contributed by atoms with van der Waals surface area (Å²) in [5, 5.41) is 0.647. The second-order valence-electron chi connectivity index (χ2n) is 6.27. The Labute approximate surface area is 157 Å². The average molecular weight is 374 g/mol. The van der Waals surface area contributed by atoms with Crippen molar-refractivity contribution in [2.45, 2.75) is 25.5 Å². The number of benzene rings is 1. The monoisotopic (exact) mass is 374 g/mol. The number of rotatable bonds is 5. The second kappa shape index (κ2) is 8.60. The standard InChI is InChI=1S/C19H23FN4OS/c1-3-26-19-21-14(2)12-17(22-19)18(25)24-10-8-23(9-11-24)13-15-6-4-5-7-16(15)20/h4-7,12H,3,8-11,13H2,1-2H3. The Bertz CT molecular complexity index is 778. The summed E-state index contributed by atoms with van der Waals surface area (Å²) in [6.07, 6.45) is 0. The Morgan fingerprint density at radius 2 is 1.92 bits per heavy atom. The fourth-order valence-corrected chi connectivity index (χ4v) is 3.61. The van der Waals surface area contributed by atoms with Crippen LogP contribution in [0.15, 0.2) is 35.5 Å². The van der Waals surface area contributed by atoms with E-state index >= 15 is 0 Å². The first-order valence-corrected chi connectivity index (χ1v) is 9.79. The summed E-state index contributed by atoms with van der Waals surface area (Å²) in [6.45, 7) is 7.16. The topological polar surface area (TPSA) is 49.3 Å². The van der Waals surface area contributed by atoms with E-state index in [1.807, 2.05) is 30.9 Å². The zero-order chi connectivity index (χ0) is 18.5. The van der Waals surface area contributed by atoms with Gasteiger partial charge in [-0.05, 0) is 24.8 Å². The highest BCUT2D eigenvalue weighted by Crippen LogP contribution is 2.16. The largest absolute Gasteiger partial charge is 0.335 e. The zero-order valence-corrected chi connectivity index (χ0v) is 15.9. The highest BCUT2D eigenvalue weighted by Gasteiger charge is 2.24. The van der Waals surface area contributed by atoms with Gasteiger partial charge in [0.1, 0.15) is 11.5 Å². The van der Waals surface area contributed by atoms with E-state index in [0.29, 0.717) is 36.0 Å². The molecule has 0 radical (unpaired) electrons. The van der Waals surface area contributed by atoms with E-state index in [9.17, 15) is 9.18 Å². The molecule has 0 spiro atoms. The number of carbonyl (C=O) groups excluding carboxylic acids is 1. The van der Waals surface area contributed by atoms with Crippen molar-refractivity contribution < 1.29 is 9.18 Å². The smallest absolute Gasteiger partial charge is 0.272 e. The minimum absolute atomic E-state index is 0.0565. The fraction of sp³-hybridized carbons (Fsp3) is 0.421. The van der Waals surface area contributed by atoms with Crippen LogP contribution >= 0.6 is 11.8 Å². The van der Waals surface area contributed by atoms with Gasteiger partial charge in [0.05, 0.1) is 0 Å². The number of carbonyl (C=O) groups is 1. The van der Waals surface area contributed by atoms with E-state index in [1.54, 1.807) is 12.1 Å². The number of hydrogen-bond donors (Lipinski definition) is 0. The third-order valence-electron chi connectivity index (χ3n) is 4.34. The van der Waals surface area contributed by atoms with Crippen LogP contribution in [0.2, 0.25) is 0 Å². The molecule has 1 amide bonds. The fourth-order valence-electron chi connectivity index (χ4n) is 2.98. The first-order valence-electron chi connectivity index (χ1n) is 8.80. The molecule has 2 aromatic rings. The van der Waals surface area contributed by atoms with E-state index in [-0.39, 0.29) is 11.7 Å². The van der Waals surface area contributed by atoms with Gasteiger partial charge in [-0.3, -0.25) is 9.69 Å². The van der Waals surface area contributed by atoms with Crippen LogP contribution < -0.4 is 0 Å². The van der Waals surface area contributed by atoms with Gasteiger partial charge >= 0.3 is 0 Å². The van der Waals surface area contributed by atoms with Gasteiger partial charge in [-0.15, -0.1) is 0 Å². The van der Waals surface area contributed by atoms with Crippen LogP contribution in [0.25, 0.3) is 0 Å². The lowest BCUT2D eigenvalue weighted by molar-refractivity contribution is 0.0620. The number of hydrogen-bond acceptors (Lipinski definition) is 5. The summed E-state index contributed by atoms with van der Waals surface area (Å²) < 4.78 is 13.8. The molecule has 138 valence electrons. The third-order valence-corrected chi connectivity index (χ3v) is 5.07. The van der Waals surface area contributed by atoms with E-state index in [1.165, 1.54) is 17.8 Å². The Morgan fingerprint density at radius 1 is 1.19 bits per heavy atom. The van der Waals surface area contributed by atoms with Crippen LogP contribution in [-0.4, -0.2) is 57.6 Å². The molecule has 1 aliphatic rings. The molecule has 3 rings (SSSR count). The van der Waals surface area contributed by atoms with Crippen molar-refractivity contribution in [3.05, 3.63) is 53.1 Å². The molecule has 0 bridgehead atoms. The molecule has 0 unspecified atom stereocenters. The number of halogens is 1. The highest BCUT2D eigenvalue weighted by atomic mass is 32.2. The zero-order valence-electron chi connectivity index (χ0n) is 15.1. The van der Waals surface area contributed by atoms with Crippen molar-refractivity contribution >= 4 is 17.7 Å². The molecule has 0 aliphatic carbocycles. The number of amides is 1. The maximum atomic E-state index is 13.8. The quantitative estimate of drug-likeness (QED) is 0.595. The summed E-state index contributed by atoms with van der Waals surface area (Å²) in [5.74, 6) is 0.633. The van der Waals surface area contributed by atoms with Gasteiger partial charge < -0.3 is 4.90 Å². The normalized spacial score (nSPS) is 15.3. The number of piperazine rings is 1. The summed E-state index contributed by atoms with van der Waals surface area (Å²) in [5.41, 5.74) is 1.95. The van der Waals surface area contributed by atoms with Crippen molar-refractivity contribution in [1.82, 2.24) is 19.8 Å². The number of nitrogens with zero attached hydrogens (tertiary/aromatic N) is 4. The molecule has 1 aromatic heterocycles. The van der Waals surface area contributed by atoms with Crippen molar-refractivity contribution in [1.29, 1.82) is 0 Å². The molecule has 26 heavy (non-hydrogen) atoms. The lowest BCUT2D eigenvalue weighted by atomic mass is 10.2. The Balaban J connectivity index is 1.61. The van der Waals surface area contributed by atoms with Crippen molar-refractivity contribution in [3.8, 4) is 0 Å². The third kappa shape index (κ3) is 4.59. The highest BCUT2D eigenvalue weighted by molar-refractivity contribution is 7.99. The van der Waals surface area contributed by atoms with E-state index < -0.39 is 0 Å². The van der Waals surface area contributed by atoms with Gasteiger partial charge in [0.25, 0.3) is 5.91 Å². The minimum Gasteiger partial charge on any atom is -0.335 e. The molecule has 1 saturated heterocycles. The van der Waals surface area contributed by atoms with Gasteiger partial charge in [0.2, 0.25) is 0 Å². The Hall–Kier alpha value is -1.99. The van der Waals surface area contributed by atoms with Gasteiger partial charge in [0.15, 0.2) is 5.16 Å². The van der Waals surface area contributed by atoms with Crippen molar-refractivity contribution in [2.24, 2.45) is 0 Å². The van der Waals surface area contributed by atoms with Crippen LogP contribution in [0.1, 0.15) is 28.7 Å². The Morgan fingerprint density at radius 3 is 2.62 bits per heavy atom. The maximum absolute atomic E-state index is 13.8. The predicted molar refractivity (Wildman–Crippen MR) is 101 cm³/mol. The summed E-state index contributed by atoms with van der Waals surface area (Å²) in [7, 11) is 0. The SMILES string of the molecule is CCSc1nc(C)cc(C(=O)N2CCN(Cc3ccccc3F)CC2)n1. The molecule has 5 nitrogen and oxygen atoms in total. The second-order valence-corrected chi connectivity index (χ2v) is 7.50. The molecule has 0 saturated carbocycles. The molecule has 1 aromatic carbocycles. The molecular weight excluding hydrogens is 351 g/mol. The van der Waals surface area contributed by atoms with Gasteiger partial charge in [-0.25, -0.2) is 14.4 Å². The van der Waals surface area contributed by atoms with Crippen LogP contribution in [0.4, 0.5) is 4.39 Å². The molecule has 1 fully saturated rings. The number of aromatic nitrogens is 2. The molecule has 0 N–H and O–H groups in total. The van der Waals surface area contributed by atoms with Crippen LogP contribution in [0.3, 0.4) is 0 Å². The number of thioether (sulfide) groups is 1. The van der Waals surface area contributed by atoms with Crippen LogP contribution in [0, 0.1) is 12.7 Å². The van der Waals surface area contributed by atoms with Gasteiger partial charge in [-0.2, -0.15) is 0 Å². The first kappa shape index (κ1) is 18.8. The first-order chi connectivity index (χ1) is 12.6. The lowest BCUT2D eigenvalue weighted by Crippen LogP contribution is -2.48. The van der Waals surface area contributed by atoms with E-state index in [4.69, 9.17) is 0 Å². The van der Waals surface area contributed by atoms with Crippen molar-refractivity contribution in [2.75, 3.05) is 31.9 Å². The number of aryl methyl sites for hydroxylation is 1. The molecule has 2 heterocycles. The van der Waals surface area contributed by atoms with Gasteiger partial charge in [-0.1, -0.05) is 36.9 Å². The lowest BCUT2D eigenvalue weighted by Gasteiger charge is -2.34. The van der Waals surface area contributed by atoms with E-state index in [0.717, 1.165) is 24.5 Å². The Kier molecular flexibility index (Phi) is 6.21. The van der Waals surface area contributed by atoms with Crippen molar-refractivity contribution in [3.63, 3.8) is 0 Å². The van der Waals surface area contributed by atoms with Gasteiger partial charge in [0, 0.05) is 44.0 Å². The van der Waals surface area contributed by atoms with Crippen LogP contribution in [0.5, 0.6) is 0 Å². The molecule has 0 atom stereocenters. The molecular formula is C19H23FN4OS. The average Bonchev–Trinajstić information content (AvgIpc) is 2.63. The summed E-state index contributed by atoms with van der Waals surface area (Å²) in [4.78, 5) is 25.5. The molecule has 7 heteroatoms. The summed E-state index contributed by atoms with van der Waals surface area (Å²) >= 11 is 1.53. The summed E-state index contributed by atoms with van der Waals surface area (Å²) in [6, 6.07) is 8.58. The minimum atomic E-state index is -0.177. The molecule has 1 aliphatic heterocycles. The van der Waals surface area contributed by atoms with E-state index in [2.05, 4.69) is 14.9 Å². The predicted octanol–water partition coefficient (Wildman–Crippen LogP) is 2.99. The van der Waals surface area contributed by atoms with Crippen LogP contribution in [-0.2, 0) is 6.54 Å².